The Bertz CT molecular complexity index is 213. The molecule has 0 spiro atoms. The van der Waals surface area contributed by atoms with Crippen molar-refractivity contribution in [1.29, 1.82) is 0 Å². The Hall–Kier alpha value is -0.0800. The van der Waals surface area contributed by atoms with Gasteiger partial charge in [-0.3, -0.25) is 4.90 Å². The van der Waals surface area contributed by atoms with Gasteiger partial charge in [0.15, 0.2) is 0 Å². The monoisotopic (exact) mass is 212 g/mol. The number of nitrogens with two attached hydrogens (primary N) is 1. The molecule has 0 radical (unpaired) electrons. The summed E-state index contributed by atoms with van der Waals surface area (Å²) in [6.07, 6.45) is 3.84. The lowest BCUT2D eigenvalue weighted by atomic mass is 9.63. The topological polar surface area (TPSA) is 29.3 Å². The first-order valence-corrected chi connectivity index (χ1v) is 6.26. The third-order valence-corrected chi connectivity index (χ3v) is 4.10. The fourth-order valence-electron chi connectivity index (χ4n) is 3.64. The second-order valence-electron chi connectivity index (χ2n) is 6.30. The van der Waals surface area contributed by atoms with E-state index in [2.05, 4.69) is 39.6 Å². The highest BCUT2D eigenvalue weighted by Crippen LogP contribution is 2.45. The van der Waals surface area contributed by atoms with Gasteiger partial charge in [-0.2, -0.15) is 0 Å². The zero-order valence-corrected chi connectivity index (χ0v) is 11.1. The van der Waals surface area contributed by atoms with Crippen LogP contribution in [0.2, 0.25) is 0 Å². The summed E-state index contributed by atoms with van der Waals surface area (Å²) in [4.78, 5) is 2.46. The Morgan fingerprint density at radius 3 is 2.33 bits per heavy atom. The maximum absolute atomic E-state index is 6.06. The molecule has 2 N–H and O–H groups in total. The first kappa shape index (κ1) is 13.0. The first-order valence-electron chi connectivity index (χ1n) is 6.26. The van der Waals surface area contributed by atoms with Crippen molar-refractivity contribution in [1.82, 2.24) is 4.90 Å². The molecule has 1 saturated carbocycles. The van der Waals surface area contributed by atoms with Gasteiger partial charge in [0.25, 0.3) is 0 Å². The van der Waals surface area contributed by atoms with Crippen molar-refractivity contribution >= 4 is 0 Å². The molecular weight excluding hydrogens is 184 g/mol. The van der Waals surface area contributed by atoms with Crippen LogP contribution in [0.3, 0.4) is 0 Å². The fourth-order valence-corrected chi connectivity index (χ4v) is 3.64. The summed E-state index contributed by atoms with van der Waals surface area (Å²) in [5.41, 5.74) is 6.75. The molecule has 90 valence electrons. The van der Waals surface area contributed by atoms with Gasteiger partial charge in [0.05, 0.1) is 0 Å². The highest BCUT2D eigenvalue weighted by atomic mass is 15.2. The Morgan fingerprint density at radius 1 is 1.33 bits per heavy atom. The van der Waals surface area contributed by atoms with Gasteiger partial charge in [0.2, 0.25) is 0 Å². The quantitative estimate of drug-likeness (QED) is 0.779. The number of hydrogen-bond acceptors (Lipinski definition) is 2. The molecule has 2 atom stereocenters. The van der Waals surface area contributed by atoms with Crippen molar-refractivity contribution in [3.8, 4) is 0 Å². The van der Waals surface area contributed by atoms with Crippen LogP contribution in [-0.2, 0) is 0 Å². The van der Waals surface area contributed by atoms with E-state index in [0.29, 0.717) is 5.41 Å². The number of rotatable bonds is 3. The summed E-state index contributed by atoms with van der Waals surface area (Å²) in [7, 11) is 2.22. The van der Waals surface area contributed by atoms with Crippen LogP contribution >= 0.6 is 0 Å². The smallest absolute Gasteiger partial charge is 0.0336 e. The van der Waals surface area contributed by atoms with Gasteiger partial charge < -0.3 is 5.73 Å². The molecule has 1 aliphatic rings. The molecule has 0 aromatic rings. The summed E-state index contributed by atoms with van der Waals surface area (Å²) >= 11 is 0. The van der Waals surface area contributed by atoms with E-state index in [4.69, 9.17) is 5.73 Å². The van der Waals surface area contributed by atoms with E-state index in [9.17, 15) is 0 Å². The number of hydrogen-bond donors (Lipinski definition) is 1. The Labute approximate surface area is 95.2 Å². The van der Waals surface area contributed by atoms with Crippen molar-refractivity contribution in [2.24, 2.45) is 17.1 Å². The van der Waals surface area contributed by atoms with Gasteiger partial charge in [-0.05, 0) is 44.2 Å². The van der Waals surface area contributed by atoms with E-state index in [-0.39, 0.29) is 5.54 Å². The van der Waals surface area contributed by atoms with Crippen LogP contribution in [0.5, 0.6) is 0 Å². The van der Waals surface area contributed by atoms with Crippen molar-refractivity contribution in [2.75, 3.05) is 20.1 Å². The molecule has 0 amide bonds. The predicted octanol–water partition coefficient (Wildman–Crippen LogP) is 2.48. The minimum Gasteiger partial charge on any atom is -0.329 e. The Balaban J connectivity index is 2.88. The Morgan fingerprint density at radius 2 is 1.93 bits per heavy atom. The first-order chi connectivity index (χ1) is 6.85. The molecule has 1 aliphatic carbocycles. The SMILES string of the molecule is CCN(C)C1(CN)CC(C)CC(C)(C)C1. The molecule has 1 rings (SSSR count). The third kappa shape index (κ3) is 2.73. The molecule has 2 heteroatoms. The van der Waals surface area contributed by atoms with Crippen LogP contribution < -0.4 is 5.73 Å². The standard InChI is InChI=1S/C13H28N2/c1-6-15(5)13(10-14)8-11(2)7-12(3,4)9-13/h11H,6-10,14H2,1-5H3. The molecule has 1 fully saturated rings. The zero-order chi connectivity index (χ0) is 11.7. The van der Waals surface area contributed by atoms with Crippen LogP contribution in [0, 0.1) is 11.3 Å². The second kappa shape index (κ2) is 4.42. The average molecular weight is 212 g/mol. The van der Waals surface area contributed by atoms with Crippen molar-refractivity contribution < 1.29 is 0 Å². The zero-order valence-electron chi connectivity index (χ0n) is 11.1. The maximum Gasteiger partial charge on any atom is 0.0336 e. The predicted molar refractivity (Wildman–Crippen MR) is 66.9 cm³/mol. The molecule has 0 bridgehead atoms. The van der Waals surface area contributed by atoms with E-state index in [1.165, 1.54) is 19.3 Å². The van der Waals surface area contributed by atoms with Gasteiger partial charge in [0, 0.05) is 12.1 Å². The summed E-state index contributed by atoms with van der Waals surface area (Å²) in [6.45, 7) is 11.3. The molecular formula is C13H28N2. The van der Waals surface area contributed by atoms with Gasteiger partial charge in [-0.25, -0.2) is 0 Å². The normalized spacial score (nSPS) is 35.8. The molecule has 15 heavy (non-hydrogen) atoms. The van der Waals surface area contributed by atoms with Crippen molar-refractivity contribution in [3.63, 3.8) is 0 Å². The van der Waals surface area contributed by atoms with E-state index in [0.717, 1.165) is 19.0 Å². The second-order valence-corrected chi connectivity index (χ2v) is 6.30. The molecule has 2 nitrogen and oxygen atoms in total. The number of likely N-dealkylation sites (N-methyl/N-ethyl adjacent to an activating group) is 1. The molecule has 0 aromatic carbocycles. The average Bonchev–Trinajstić information content (AvgIpc) is 2.13. The van der Waals surface area contributed by atoms with Gasteiger partial charge in [0.1, 0.15) is 0 Å². The van der Waals surface area contributed by atoms with Crippen molar-refractivity contribution in [3.05, 3.63) is 0 Å². The van der Waals surface area contributed by atoms with Crippen LogP contribution in [0.25, 0.3) is 0 Å². The lowest BCUT2D eigenvalue weighted by molar-refractivity contribution is 0.00626. The summed E-state index contributed by atoms with van der Waals surface area (Å²) < 4.78 is 0. The highest BCUT2D eigenvalue weighted by molar-refractivity contribution is 5.00. The lowest BCUT2D eigenvalue weighted by Gasteiger charge is -2.51. The van der Waals surface area contributed by atoms with E-state index in [1.54, 1.807) is 0 Å². The summed E-state index contributed by atoms with van der Waals surface area (Å²) in [5, 5.41) is 0. The summed E-state index contributed by atoms with van der Waals surface area (Å²) in [6, 6.07) is 0. The third-order valence-electron chi connectivity index (χ3n) is 4.10. The maximum atomic E-state index is 6.06. The minimum atomic E-state index is 0.246. The lowest BCUT2D eigenvalue weighted by Crippen LogP contribution is -2.57. The van der Waals surface area contributed by atoms with Crippen LogP contribution in [0.4, 0.5) is 0 Å². The van der Waals surface area contributed by atoms with Gasteiger partial charge in [-0.1, -0.05) is 27.7 Å². The molecule has 0 heterocycles. The molecule has 0 saturated heterocycles. The highest BCUT2D eigenvalue weighted by Gasteiger charge is 2.43. The van der Waals surface area contributed by atoms with Crippen LogP contribution in [0.1, 0.15) is 47.0 Å². The van der Waals surface area contributed by atoms with Gasteiger partial charge in [-0.15, -0.1) is 0 Å². The largest absolute Gasteiger partial charge is 0.329 e. The molecule has 0 aliphatic heterocycles. The fraction of sp³-hybridized carbons (Fsp3) is 1.00. The van der Waals surface area contributed by atoms with Gasteiger partial charge >= 0.3 is 0 Å². The van der Waals surface area contributed by atoms with Crippen LogP contribution in [-0.4, -0.2) is 30.6 Å². The molecule has 0 aromatic heterocycles. The number of nitrogens with zero attached hydrogens (tertiary/aromatic N) is 1. The molecule has 2 unspecified atom stereocenters. The summed E-state index contributed by atoms with van der Waals surface area (Å²) in [5.74, 6) is 0.797. The van der Waals surface area contributed by atoms with E-state index in [1.807, 2.05) is 0 Å². The van der Waals surface area contributed by atoms with Crippen LogP contribution in [0.15, 0.2) is 0 Å². The van der Waals surface area contributed by atoms with E-state index >= 15 is 0 Å². The van der Waals surface area contributed by atoms with Crippen molar-refractivity contribution in [2.45, 2.75) is 52.5 Å². The minimum absolute atomic E-state index is 0.246. The Kier molecular flexibility index (Phi) is 3.83. The van der Waals surface area contributed by atoms with E-state index < -0.39 is 0 Å².